The van der Waals surface area contributed by atoms with Gasteiger partial charge in [-0.25, -0.2) is 9.78 Å². The molecule has 0 fully saturated rings. The number of nitrogens with one attached hydrogen (secondary N) is 1. The highest BCUT2D eigenvalue weighted by Crippen LogP contribution is 2.25. The van der Waals surface area contributed by atoms with Crippen LogP contribution >= 0.6 is 11.6 Å². The molecule has 1 rings (SSSR count). The lowest BCUT2D eigenvalue weighted by molar-refractivity contribution is -0.384. The summed E-state index contributed by atoms with van der Waals surface area (Å²) in [7, 11) is 0. The molecule has 0 saturated heterocycles. The Morgan fingerprint density at radius 2 is 2.39 bits per heavy atom. The van der Waals surface area contributed by atoms with E-state index in [0.29, 0.717) is 0 Å². The van der Waals surface area contributed by atoms with E-state index in [-0.39, 0.29) is 23.1 Å². The molecule has 1 N–H and O–H groups in total. The molecule has 0 aliphatic rings. The Labute approximate surface area is 108 Å². The predicted octanol–water partition coefficient (Wildman–Crippen LogP) is 2.01. The molecule has 0 aliphatic carbocycles. The number of pyridine rings is 1. The molecule has 0 aliphatic heterocycles. The number of carbonyl (C=O) groups is 1. The average Bonchev–Trinajstić information content (AvgIpc) is 2.31. The van der Waals surface area contributed by atoms with Crippen molar-refractivity contribution in [2.24, 2.45) is 0 Å². The van der Waals surface area contributed by atoms with Gasteiger partial charge in [0.25, 0.3) is 0 Å². The van der Waals surface area contributed by atoms with Crippen molar-refractivity contribution in [1.82, 2.24) is 4.98 Å². The second-order valence-electron chi connectivity index (χ2n) is 3.40. The molecule has 0 spiro atoms. The first-order valence-electron chi connectivity index (χ1n) is 5.18. The number of ether oxygens (including phenoxy) is 1. The van der Waals surface area contributed by atoms with Gasteiger partial charge in [0, 0.05) is 12.3 Å². The smallest absolute Gasteiger partial charge is 0.328 e. The van der Waals surface area contributed by atoms with Crippen LogP contribution in [0.3, 0.4) is 0 Å². The van der Waals surface area contributed by atoms with E-state index in [4.69, 9.17) is 16.3 Å². The van der Waals surface area contributed by atoms with Gasteiger partial charge in [-0.15, -0.1) is 0 Å². The number of hydrogen-bond acceptors (Lipinski definition) is 6. The molecular formula is C10H12ClN3O4. The SMILES string of the molecule is CCOC(=O)C(C)Nc1ncc(Cl)cc1[N+](=O)[O-]. The molecule has 18 heavy (non-hydrogen) atoms. The minimum absolute atomic E-state index is 0.0232. The molecule has 1 heterocycles. The van der Waals surface area contributed by atoms with Crippen molar-refractivity contribution in [3.05, 3.63) is 27.4 Å². The maximum Gasteiger partial charge on any atom is 0.328 e. The summed E-state index contributed by atoms with van der Waals surface area (Å²) in [6.45, 7) is 3.44. The van der Waals surface area contributed by atoms with Gasteiger partial charge >= 0.3 is 11.7 Å². The van der Waals surface area contributed by atoms with Crippen LogP contribution in [0, 0.1) is 10.1 Å². The van der Waals surface area contributed by atoms with Crippen LogP contribution in [0.4, 0.5) is 11.5 Å². The van der Waals surface area contributed by atoms with E-state index in [9.17, 15) is 14.9 Å². The van der Waals surface area contributed by atoms with E-state index in [1.807, 2.05) is 0 Å². The summed E-state index contributed by atoms with van der Waals surface area (Å²) >= 11 is 5.62. The van der Waals surface area contributed by atoms with Gasteiger partial charge in [-0.2, -0.15) is 0 Å². The van der Waals surface area contributed by atoms with Crippen LogP contribution < -0.4 is 5.32 Å². The Hall–Kier alpha value is -1.89. The second kappa shape index (κ2) is 6.15. The van der Waals surface area contributed by atoms with Gasteiger partial charge in [-0.1, -0.05) is 11.6 Å². The van der Waals surface area contributed by atoms with E-state index in [1.54, 1.807) is 6.92 Å². The van der Waals surface area contributed by atoms with Crippen molar-refractivity contribution < 1.29 is 14.5 Å². The molecule has 0 saturated carbocycles. The standard InChI is InChI=1S/C10H12ClN3O4/c1-3-18-10(15)6(2)13-9-8(14(16)17)4-7(11)5-12-9/h4-6H,3H2,1-2H3,(H,12,13). The van der Waals surface area contributed by atoms with Crippen LogP contribution in [0.25, 0.3) is 0 Å². The summed E-state index contributed by atoms with van der Waals surface area (Å²) in [5.41, 5.74) is -0.293. The fraction of sp³-hybridized carbons (Fsp3) is 0.400. The Balaban J connectivity index is 2.90. The molecule has 1 aromatic heterocycles. The molecular weight excluding hydrogens is 262 g/mol. The maximum atomic E-state index is 11.4. The van der Waals surface area contributed by atoms with Crippen molar-refractivity contribution in [2.45, 2.75) is 19.9 Å². The lowest BCUT2D eigenvalue weighted by atomic mass is 10.3. The number of anilines is 1. The Morgan fingerprint density at radius 1 is 1.72 bits per heavy atom. The largest absolute Gasteiger partial charge is 0.464 e. The summed E-state index contributed by atoms with van der Waals surface area (Å²) in [4.78, 5) is 25.4. The molecule has 7 nitrogen and oxygen atoms in total. The van der Waals surface area contributed by atoms with Crippen LogP contribution in [-0.4, -0.2) is 28.5 Å². The average molecular weight is 274 g/mol. The Bertz CT molecular complexity index is 466. The van der Waals surface area contributed by atoms with Crippen LogP contribution in [0.5, 0.6) is 0 Å². The summed E-state index contributed by atoms with van der Waals surface area (Å²) in [5.74, 6) is -0.534. The number of halogens is 1. The number of nitrogens with zero attached hydrogens (tertiary/aromatic N) is 2. The highest BCUT2D eigenvalue weighted by atomic mass is 35.5. The molecule has 8 heteroatoms. The number of nitro groups is 1. The van der Waals surface area contributed by atoms with Gasteiger partial charge in [-0.3, -0.25) is 10.1 Å². The van der Waals surface area contributed by atoms with E-state index < -0.39 is 16.9 Å². The third-order valence-electron chi connectivity index (χ3n) is 2.02. The van der Waals surface area contributed by atoms with Gasteiger partial charge in [0.15, 0.2) is 0 Å². The predicted molar refractivity (Wildman–Crippen MR) is 65.6 cm³/mol. The van der Waals surface area contributed by atoms with Crippen LogP contribution in [0.1, 0.15) is 13.8 Å². The number of esters is 1. The van der Waals surface area contributed by atoms with Gasteiger partial charge in [0.1, 0.15) is 6.04 Å². The van der Waals surface area contributed by atoms with Gasteiger partial charge in [0.2, 0.25) is 5.82 Å². The minimum Gasteiger partial charge on any atom is -0.464 e. The molecule has 0 aromatic carbocycles. The first-order chi connectivity index (χ1) is 8.45. The van der Waals surface area contributed by atoms with Gasteiger partial charge < -0.3 is 10.1 Å². The molecule has 1 unspecified atom stereocenters. The van der Waals surface area contributed by atoms with E-state index in [1.165, 1.54) is 13.1 Å². The van der Waals surface area contributed by atoms with Crippen molar-refractivity contribution in [3.63, 3.8) is 0 Å². The third kappa shape index (κ3) is 3.56. The summed E-state index contributed by atoms with van der Waals surface area (Å²) in [5, 5.41) is 13.6. The van der Waals surface area contributed by atoms with E-state index in [0.717, 1.165) is 6.07 Å². The molecule has 1 aromatic rings. The number of hydrogen-bond donors (Lipinski definition) is 1. The second-order valence-corrected chi connectivity index (χ2v) is 3.83. The first kappa shape index (κ1) is 14.2. The van der Waals surface area contributed by atoms with Crippen molar-refractivity contribution in [3.8, 4) is 0 Å². The monoisotopic (exact) mass is 273 g/mol. The van der Waals surface area contributed by atoms with Crippen molar-refractivity contribution in [1.29, 1.82) is 0 Å². The summed E-state index contributed by atoms with van der Waals surface area (Å²) < 4.78 is 4.77. The van der Waals surface area contributed by atoms with Crippen LogP contribution in [-0.2, 0) is 9.53 Å². The highest BCUT2D eigenvalue weighted by Gasteiger charge is 2.21. The zero-order chi connectivity index (χ0) is 13.7. The van der Waals surface area contributed by atoms with Gasteiger partial charge in [0.05, 0.1) is 16.6 Å². The topological polar surface area (TPSA) is 94.4 Å². The fourth-order valence-corrected chi connectivity index (χ4v) is 1.36. The lowest BCUT2D eigenvalue weighted by Crippen LogP contribution is -2.28. The molecule has 98 valence electrons. The van der Waals surface area contributed by atoms with Crippen LogP contribution in [0.15, 0.2) is 12.3 Å². The third-order valence-corrected chi connectivity index (χ3v) is 2.23. The molecule has 0 amide bonds. The quantitative estimate of drug-likeness (QED) is 0.501. The summed E-state index contributed by atoms with van der Waals surface area (Å²) in [6.07, 6.45) is 1.26. The highest BCUT2D eigenvalue weighted by molar-refractivity contribution is 6.30. The van der Waals surface area contributed by atoms with Crippen molar-refractivity contribution in [2.75, 3.05) is 11.9 Å². The lowest BCUT2D eigenvalue weighted by Gasteiger charge is -2.12. The molecule has 0 radical (unpaired) electrons. The number of rotatable bonds is 5. The van der Waals surface area contributed by atoms with Gasteiger partial charge in [-0.05, 0) is 13.8 Å². The zero-order valence-corrected chi connectivity index (χ0v) is 10.6. The Morgan fingerprint density at radius 3 is 2.94 bits per heavy atom. The van der Waals surface area contributed by atoms with Crippen molar-refractivity contribution >= 4 is 29.1 Å². The summed E-state index contributed by atoms with van der Waals surface area (Å²) in [6, 6.07) is 0.423. The molecule has 0 bridgehead atoms. The Kier molecular flexibility index (Phi) is 4.85. The number of carbonyl (C=O) groups excluding carboxylic acids is 1. The molecule has 1 atom stereocenters. The first-order valence-corrected chi connectivity index (χ1v) is 5.56. The number of aromatic nitrogens is 1. The maximum absolute atomic E-state index is 11.4. The normalized spacial score (nSPS) is 11.7. The van der Waals surface area contributed by atoms with E-state index >= 15 is 0 Å². The van der Waals surface area contributed by atoms with Crippen LogP contribution in [0.2, 0.25) is 5.02 Å². The fourth-order valence-electron chi connectivity index (χ4n) is 1.21. The minimum atomic E-state index is -0.739. The zero-order valence-electron chi connectivity index (χ0n) is 9.84. The van der Waals surface area contributed by atoms with E-state index in [2.05, 4.69) is 10.3 Å².